The van der Waals surface area contributed by atoms with E-state index in [0.29, 0.717) is 24.3 Å². The zero-order chi connectivity index (χ0) is 20.8. The van der Waals surface area contributed by atoms with Crippen LogP contribution in [0, 0.1) is 0 Å². The molecule has 0 saturated heterocycles. The third-order valence-corrected chi connectivity index (χ3v) is 5.48. The van der Waals surface area contributed by atoms with Gasteiger partial charge in [-0.1, -0.05) is 34.1 Å². The Kier molecular flexibility index (Phi) is 6.93. The molecular formula is C22H24BrN3O3. The maximum Gasteiger partial charge on any atom is 0.221 e. The van der Waals surface area contributed by atoms with Crippen molar-refractivity contribution in [1.29, 1.82) is 0 Å². The average molecular weight is 458 g/mol. The van der Waals surface area contributed by atoms with Crippen LogP contribution in [0.4, 0.5) is 0 Å². The number of imidazole rings is 1. The molecule has 7 heteroatoms. The Morgan fingerprint density at radius 3 is 2.45 bits per heavy atom. The Bertz CT molecular complexity index is 965. The van der Waals surface area contributed by atoms with Gasteiger partial charge in [0.1, 0.15) is 23.4 Å². The first kappa shape index (κ1) is 20.9. The van der Waals surface area contributed by atoms with Gasteiger partial charge in [0, 0.05) is 36.4 Å². The standard InChI is InChI=1S/C22H24BrN3O3/c1-26-11-10-24-22(26)21(16-12-17(28-2)14-18(13-16)29-3)25-20(27)9-8-15-6-4-5-7-19(15)23/h4-7,10-14,21H,8-9H2,1-3H3,(H,25,27). The minimum Gasteiger partial charge on any atom is -0.497 e. The van der Waals surface area contributed by atoms with Crippen molar-refractivity contribution in [3.63, 3.8) is 0 Å². The van der Waals surface area contributed by atoms with Crippen molar-refractivity contribution in [3.05, 3.63) is 76.3 Å². The SMILES string of the molecule is COc1cc(OC)cc(C(NC(=O)CCc2ccccc2Br)c2nccn2C)c1. The molecular weight excluding hydrogens is 434 g/mol. The first-order valence-electron chi connectivity index (χ1n) is 9.24. The van der Waals surface area contributed by atoms with Gasteiger partial charge >= 0.3 is 0 Å². The second-order valence-corrected chi connectivity index (χ2v) is 7.49. The van der Waals surface area contributed by atoms with Gasteiger partial charge in [-0.3, -0.25) is 4.79 Å². The summed E-state index contributed by atoms with van der Waals surface area (Å²) in [5.41, 5.74) is 1.93. The van der Waals surface area contributed by atoms with Crippen LogP contribution in [0.25, 0.3) is 0 Å². The smallest absolute Gasteiger partial charge is 0.221 e. The lowest BCUT2D eigenvalue weighted by Gasteiger charge is -2.20. The van der Waals surface area contributed by atoms with Gasteiger partial charge in [0.05, 0.1) is 14.2 Å². The number of halogens is 1. The molecule has 0 bridgehead atoms. The molecule has 0 aliphatic carbocycles. The lowest BCUT2D eigenvalue weighted by Crippen LogP contribution is -2.31. The summed E-state index contributed by atoms with van der Waals surface area (Å²) in [4.78, 5) is 17.2. The van der Waals surface area contributed by atoms with Crippen LogP contribution in [0.5, 0.6) is 11.5 Å². The maximum absolute atomic E-state index is 12.8. The molecule has 1 amide bonds. The number of aromatic nitrogens is 2. The summed E-state index contributed by atoms with van der Waals surface area (Å²) in [5, 5.41) is 3.12. The number of hydrogen-bond acceptors (Lipinski definition) is 4. The van der Waals surface area contributed by atoms with Gasteiger partial charge in [0.25, 0.3) is 0 Å². The predicted molar refractivity (Wildman–Crippen MR) is 115 cm³/mol. The minimum absolute atomic E-state index is 0.0597. The van der Waals surface area contributed by atoms with Crippen LogP contribution in [0.1, 0.15) is 29.4 Å². The lowest BCUT2D eigenvalue weighted by atomic mass is 10.0. The molecule has 0 spiro atoms. The van der Waals surface area contributed by atoms with Gasteiger partial charge in [-0.25, -0.2) is 4.98 Å². The van der Waals surface area contributed by atoms with Crippen LogP contribution in [0.2, 0.25) is 0 Å². The van der Waals surface area contributed by atoms with Crippen LogP contribution in [-0.4, -0.2) is 29.7 Å². The van der Waals surface area contributed by atoms with E-state index < -0.39 is 6.04 Å². The van der Waals surface area contributed by atoms with Crippen LogP contribution in [0.15, 0.2) is 59.3 Å². The van der Waals surface area contributed by atoms with E-state index in [-0.39, 0.29) is 5.91 Å². The zero-order valence-electron chi connectivity index (χ0n) is 16.7. The number of aryl methyl sites for hydroxylation is 2. The number of rotatable bonds is 8. The monoisotopic (exact) mass is 457 g/mol. The van der Waals surface area contributed by atoms with Crippen LogP contribution >= 0.6 is 15.9 Å². The van der Waals surface area contributed by atoms with Gasteiger partial charge in [-0.2, -0.15) is 0 Å². The molecule has 0 saturated carbocycles. The van der Waals surface area contributed by atoms with E-state index in [9.17, 15) is 4.79 Å². The second kappa shape index (κ2) is 9.60. The number of nitrogens with one attached hydrogen (secondary N) is 1. The topological polar surface area (TPSA) is 65.4 Å². The van der Waals surface area contributed by atoms with Gasteiger partial charge in [0.15, 0.2) is 0 Å². The van der Waals surface area contributed by atoms with Crippen molar-refractivity contribution >= 4 is 21.8 Å². The molecule has 29 heavy (non-hydrogen) atoms. The van der Waals surface area contributed by atoms with Crippen molar-refractivity contribution in [2.45, 2.75) is 18.9 Å². The average Bonchev–Trinajstić information content (AvgIpc) is 3.16. The van der Waals surface area contributed by atoms with E-state index in [1.54, 1.807) is 26.5 Å². The fourth-order valence-corrected chi connectivity index (χ4v) is 3.61. The Morgan fingerprint density at radius 2 is 1.86 bits per heavy atom. The third kappa shape index (κ3) is 5.17. The molecule has 152 valence electrons. The summed E-state index contributed by atoms with van der Waals surface area (Å²) >= 11 is 3.53. The van der Waals surface area contributed by atoms with Crippen molar-refractivity contribution in [1.82, 2.24) is 14.9 Å². The molecule has 1 N–H and O–H groups in total. The summed E-state index contributed by atoms with van der Waals surface area (Å²) < 4.78 is 13.7. The number of methoxy groups -OCH3 is 2. The quantitative estimate of drug-likeness (QED) is 0.554. The Hall–Kier alpha value is -2.80. The van der Waals surface area contributed by atoms with E-state index >= 15 is 0 Å². The number of benzene rings is 2. The molecule has 0 aliphatic heterocycles. The highest BCUT2D eigenvalue weighted by atomic mass is 79.9. The number of amides is 1. The van der Waals surface area contributed by atoms with Gasteiger partial charge in [-0.15, -0.1) is 0 Å². The molecule has 3 aromatic rings. The third-order valence-electron chi connectivity index (χ3n) is 4.71. The van der Waals surface area contributed by atoms with Crippen molar-refractivity contribution in [2.24, 2.45) is 7.05 Å². The summed E-state index contributed by atoms with van der Waals surface area (Å²) in [5.74, 6) is 1.98. The van der Waals surface area contributed by atoms with E-state index in [1.165, 1.54) is 0 Å². The van der Waals surface area contributed by atoms with Crippen LogP contribution < -0.4 is 14.8 Å². The highest BCUT2D eigenvalue weighted by molar-refractivity contribution is 9.10. The summed E-state index contributed by atoms with van der Waals surface area (Å²) in [6.45, 7) is 0. The van der Waals surface area contributed by atoms with Crippen LogP contribution in [-0.2, 0) is 18.3 Å². The minimum atomic E-state index is -0.425. The van der Waals surface area contributed by atoms with Gasteiger partial charge < -0.3 is 19.4 Å². The number of hydrogen-bond donors (Lipinski definition) is 1. The van der Waals surface area contributed by atoms with Crippen molar-refractivity contribution in [3.8, 4) is 11.5 Å². The highest BCUT2D eigenvalue weighted by Crippen LogP contribution is 2.29. The maximum atomic E-state index is 12.8. The Balaban J connectivity index is 1.84. The van der Waals surface area contributed by atoms with Gasteiger partial charge in [-0.05, 0) is 35.7 Å². The largest absolute Gasteiger partial charge is 0.497 e. The van der Waals surface area contributed by atoms with E-state index in [0.717, 1.165) is 21.4 Å². The molecule has 1 aromatic heterocycles. The van der Waals surface area contributed by atoms with Crippen molar-refractivity contribution in [2.75, 3.05) is 14.2 Å². The normalized spacial score (nSPS) is 11.7. The molecule has 6 nitrogen and oxygen atoms in total. The van der Waals surface area contributed by atoms with Crippen LogP contribution in [0.3, 0.4) is 0 Å². The first-order valence-corrected chi connectivity index (χ1v) is 10.0. The fourth-order valence-electron chi connectivity index (χ4n) is 3.13. The number of carbonyl (C=O) groups is 1. The predicted octanol–water partition coefficient (Wildman–Crippen LogP) is 4.04. The van der Waals surface area contributed by atoms with Gasteiger partial charge in [0.2, 0.25) is 5.91 Å². The molecule has 0 fully saturated rings. The summed E-state index contributed by atoms with van der Waals surface area (Å²) in [6.07, 6.45) is 4.58. The molecule has 1 heterocycles. The van der Waals surface area contributed by atoms with E-state index in [2.05, 4.69) is 26.2 Å². The molecule has 0 aliphatic rings. The highest BCUT2D eigenvalue weighted by Gasteiger charge is 2.22. The summed E-state index contributed by atoms with van der Waals surface area (Å²) in [7, 11) is 5.11. The number of ether oxygens (including phenoxy) is 2. The summed E-state index contributed by atoms with van der Waals surface area (Å²) in [6, 6.07) is 13.1. The fraction of sp³-hybridized carbons (Fsp3) is 0.273. The Morgan fingerprint density at radius 1 is 1.17 bits per heavy atom. The molecule has 1 atom stereocenters. The van der Waals surface area contributed by atoms with E-state index in [1.807, 2.05) is 54.2 Å². The molecule has 3 rings (SSSR count). The van der Waals surface area contributed by atoms with E-state index in [4.69, 9.17) is 9.47 Å². The Labute approximate surface area is 179 Å². The molecule has 2 aromatic carbocycles. The molecule has 1 unspecified atom stereocenters. The second-order valence-electron chi connectivity index (χ2n) is 6.63. The number of carbonyl (C=O) groups excluding carboxylic acids is 1. The van der Waals surface area contributed by atoms with Crippen molar-refractivity contribution < 1.29 is 14.3 Å². The molecule has 0 radical (unpaired) electrons. The lowest BCUT2D eigenvalue weighted by molar-refractivity contribution is -0.121. The first-order chi connectivity index (χ1) is 14.0. The number of nitrogens with zero attached hydrogens (tertiary/aromatic N) is 2. The zero-order valence-corrected chi connectivity index (χ0v) is 18.3.